The lowest BCUT2D eigenvalue weighted by molar-refractivity contribution is 0.830. The summed E-state index contributed by atoms with van der Waals surface area (Å²) in [5, 5.41) is 9.62. The number of aryl methyl sites for hydroxylation is 2. The zero-order chi connectivity index (χ0) is 16.7. The topological polar surface area (TPSA) is 118 Å². The number of hydrogen-bond donors (Lipinski definition) is 2. The third-order valence-corrected chi connectivity index (χ3v) is 3.69. The van der Waals surface area contributed by atoms with E-state index in [1.807, 2.05) is 31.2 Å². The summed E-state index contributed by atoms with van der Waals surface area (Å²) in [6.07, 6.45) is 0. The van der Waals surface area contributed by atoms with E-state index in [1.54, 1.807) is 6.07 Å². The van der Waals surface area contributed by atoms with Gasteiger partial charge in [0.1, 0.15) is 17.5 Å². The van der Waals surface area contributed by atoms with Crippen molar-refractivity contribution in [3.63, 3.8) is 0 Å². The van der Waals surface area contributed by atoms with Crippen molar-refractivity contribution in [2.24, 2.45) is 7.05 Å². The molecule has 0 bridgehead atoms. The van der Waals surface area contributed by atoms with E-state index in [4.69, 9.17) is 5.73 Å². The van der Waals surface area contributed by atoms with Gasteiger partial charge in [-0.05, 0) is 12.5 Å². The maximum Gasteiger partial charge on any atom is 0.329 e. The van der Waals surface area contributed by atoms with Gasteiger partial charge in [-0.3, -0.25) is 14.3 Å². The number of anilines is 1. The largest absolute Gasteiger partial charge is 0.383 e. The normalized spacial score (nSPS) is 10.7. The number of hydrogen-bond acceptors (Lipinski definition) is 5. The predicted octanol–water partition coefficient (Wildman–Crippen LogP) is 1.05. The molecule has 23 heavy (non-hydrogen) atoms. The first-order chi connectivity index (χ1) is 10.9. The van der Waals surface area contributed by atoms with Crippen molar-refractivity contribution >= 4 is 16.9 Å². The predicted molar refractivity (Wildman–Crippen MR) is 86.9 cm³/mol. The first-order valence-corrected chi connectivity index (χ1v) is 6.83. The van der Waals surface area contributed by atoms with Crippen LogP contribution in [0.15, 0.2) is 33.9 Å². The van der Waals surface area contributed by atoms with Gasteiger partial charge in [0.15, 0.2) is 5.65 Å². The van der Waals surface area contributed by atoms with Gasteiger partial charge in [0.2, 0.25) is 0 Å². The van der Waals surface area contributed by atoms with Crippen LogP contribution >= 0.6 is 0 Å². The lowest BCUT2D eigenvalue weighted by atomic mass is 9.97. The number of aromatic amines is 1. The number of aromatic nitrogens is 3. The van der Waals surface area contributed by atoms with Crippen LogP contribution in [0.2, 0.25) is 0 Å². The van der Waals surface area contributed by atoms with Crippen molar-refractivity contribution in [1.82, 2.24) is 14.5 Å². The Hall–Kier alpha value is -3.40. The Labute approximate surface area is 130 Å². The fourth-order valence-electron chi connectivity index (χ4n) is 2.59. The number of fused-ring (bicyclic) bond motifs is 1. The lowest BCUT2D eigenvalue weighted by Crippen LogP contribution is -2.29. The van der Waals surface area contributed by atoms with Crippen molar-refractivity contribution in [2.75, 3.05) is 5.73 Å². The van der Waals surface area contributed by atoms with E-state index >= 15 is 0 Å². The zero-order valence-corrected chi connectivity index (χ0v) is 12.5. The lowest BCUT2D eigenvalue weighted by Gasteiger charge is -2.12. The summed E-state index contributed by atoms with van der Waals surface area (Å²) < 4.78 is 1.20. The van der Waals surface area contributed by atoms with Crippen LogP contribution in [0, 0.1) is 18.3 Å². The molecule has 1 aromatic carbocycles. The van der Waals surface area contributed by atoms with Crippen LogP contribution in [0.3, 0.4) is 0 Å². The molecular weight excluding hydrogens is 294 g/mol. The molecule has 2 aromatic heterocycles. The molecule has 0 aliphatic rings. The van der Waals surface area contributed by atoms with Crippen LogP contribution in [0.4, 0.5) is 5.82 Å². The van der Waals surface area contributed by atoms with E-state index in [0.29, 0.717) is 11.1 Å². The van der Waals surface area contributed by atoms with Crippen LogP contribution in [0.1, 0.15) is 11.1 Å². The first-order valence-electron chi connectivity index (χ1n) is 6.83. The van der Waals surface area contributed by atoms with E-state index < -0.39 is 11.2 Å². The average molecular weight is 307 g/mol. The Morgan fingerprint density at radius 1 is 1.35 bits per heavy atom. The third kappa shape index (κ3) is 2.17. The summed E-state index contributed by atoms with van der Waals surface area (Å²) in [7, 11) is 1.49. The fourth-order valence-corrected chi connectivity index (χ4v) is 2.59. The molecule has 114 valence electrons. The molecule has 0 spiro atoms. The van der Waals surface area contributed by atoms with Crippen molar-refractivity contribution in [3.8, 4) is 17.2 Å². The number of rotatable bonds is 1. The van der Waals surface area contributed by atoms with E-state index in [9.17, 15) is 14.9 Å². The van der Waals surface area contributed by atoms with Gasteiger partial charge >= 0.3 is 5.69 Å². The van der Waals surface area contributed by atoms with Gasteiger partial charge in [0, 0.05) is 12.6 Å². The number of nitrogen functional groups attached to an aromatic ring is 1. The molecule has 3 N–H and O–H groups in total. The van der Waals surface area contributed by atoms with E-state index in [1.165, 1.54) is 11.6 Å². The summed E-state index contributed by atoms with van der Waals surface area (Å²) in [5.74, 6) is -0.0166. The van der Waals surface area contributed by atoms with Crippen molar-refractivity contribution in [3.05, 3.63) is 56.2 Å². The molecule has 0 aliphatic heterocycles. The van der Waals surface area contributed by atoms with Gasteiger partial charge in [-0.1, -0.05) is 29.8 Å². The summed E-state index contributed by atoms with van der Waals surface area (Å²) in [4.78, 5) is 30.4. The molecule has 2 heterocycles. The highest BCUT2D eigenvalue weighted by molar-refractivity contribution is 5.97. The molecule has 0 amide bonds. The molecule has 3 aromatic rings. The fraction of sp³-hybridized carbons (Fsp3) is 0.125. The molecule has 3 rings (SSSR count). The van der Waals surface area contributed by atoms with Gasteiger partial charge in [-0.25, -0.2) is 9.78 Å². The van der Waals surface area contributed by atoms with Gasteiger partial charge in [0.05, 0.1) is 5.39 Å². The van der Waals surface area contributed by atoms with Crippen LogP contribution in [-0.2, 0) is 7.05 Å². The van der Waals surface area contributed by atoms with Crippen LogP contribution in [-0.4, -0.2) is 14.5 Å². The highest BCUT2D eigenvalue weighted by atomic mass is 16.2. The van der Waals surface area contributed by atoms with Gasteiger partial charge < -0.3 is 5.73 Å². The van der Waals surface area contributed by atoms with Gasteiger partial charge in [-0.15, -0.1) is 0 Å². The summed E-state index contributed by atoms with van der Waals surface area (Å²) in [6.45, 7) is 1.91. The van der Waals surface area contributed by atoms with E-state index in [2.05, 4.69) is 9.97 Å². The molecule has 0 radical (unpaired) electrons. The smallest absolute Gasteiger partial charge is 0.329 e. The number of H-pyrrole nitrogens is 1. The highest BCUT2D eigenvalue weighted by Gasteiger charge is 2.19. The van der Waals surface area contributed by atoms with Crippen molar-refractivity contribution in [2.45, 2.75) is 6.92 Å². The SMILES string of the molecule is Cc1cccc(-c2c(C#N)c(N)nc3c2c(=O)[nH]c(=O)n3C)c1. The van der Waals surface area contributed by atoms with Gasteiger partial charge in [-0.2, -0.15) is 5.26 Å². The highest BCUT2D eigenvalue weighted by Crippen LogP contribution is 2.31. The van der Waals surface area contributed by atoms with E-state index in [-0.39, 0.29) is 22.4 Å². The minimum atomic E-state index is -0.594. The summed E-state index contributed by atoms with van der Waals surface area (Å²) in [6, 6.07) is 9.37. The molecule has 0 saturated heterocycles. The Kier molecular flexibility index (Phi) is 3.22. The van der Waals surface area contributed by atoms with E-state index in [0.717, 1.165) is 5.56 Å². The monoisotopic (exact) mass is 307 g/mol. The van der Waals surface area contributed by atoms with Crippen LogP contribution in [0.5, 0.6) is 0 Å². The summed E-state index contributed by atoms with van der Waals surface area (Å²) in [5.41, 5.74) is 6.99. The maximum absolute atomic E-state index is 12.4. The quantitative estimate of drug-likeness (QED) is 0.696. The number of nitrogens with one attached hydrogen (secondary N) is 1. The second kappa shape index (κ2) is 5.10. The summed E-state index contributed by atoms with van der Waals surface area (Å²) >= 11 is 0. The molecule has 7 heteroatoms. The number of nitrogens with zero attached hydrogens (tertiary/aromatic N) is 3. The molecule has 0 saturated carbocycles. The number of benzene rings is 1. The Balaban J connectivity index is 2.64. The first kappa shape index (κ1) is 14.5. The molecule has 0 aliphatic carbocycles. The average Bonchev–Trinajstić information content (AvgIpc) is 2.51. The second-order valence-electron chi connectivity index (χ2n) is 5.25. The Morgan fingerprint density at radius 3 is 2.74 bits per heavy atom. The zero-order valence-electron chi connectivity index (χ0n) is 12.5. The second-order valence-corrected chi connectivity index (χ2v) is 5.25. The molecule has 0 fully saturated rings. The van der Waals surface area contributed by atoms with Crippen molar-refractivity contribution in [1.29, 1.82) is 5.26 Å². The standard InChI is InChI=1S/C16H13N5O2/c1-8-4-3-5-9(6-8)11-10(7-17)13(18)19-14-12(11)15(22)20-16(23)21(14)2/h3-6H,1-2H3,(H2,18,19)(H,20,22,23). The maximum atomic E-state index is 12.4. The number of pyridine rings is 1. The molecule has 0 unspecified atom stereocenters. The van der Waals surface area contributed by atoms with Gasteiger partial charge in [0.25, 0.3) is 5.56 Å². The number of nitrogens with two attached hydrogens (primary N) is 1. The Morgan fingerprint density at radius 2 is 2.09 bits per heavy atom. The molecule has 0 atom stereocenters. The van der Waals surface area contributed by atoms with Crippen LogP contribution < -0.4 is 17.0 Å². The Bertz CT molecular complexity index is 1100. The molecule has 7 nitrogen and oxygen atoms in total. The third-order valence-electron chi connectivity index (χ3n) is 3.69. The number of nitriles is 1. The minimum Gasteiger partial charge on any atom is -0.383 e. The van der Waals surface area contributed by atoms with Crippen LogP contribution in [0.25, 0.3) is 22.2 Å². The minimum absolute atomic E-state index is 0.0166. The molecular formula is C16H13N5O2. The van der Waals surface area contributed by atoms with Crippen molar-refractivity contribution < 1.29 is 0 Å².